The first-order valence-corrected chi connectivity index (χ1v) is 12.3. The number of nitrogens with two attached hydrogens (primary N) is 2. The lowest BCUT2D eigenvalue weighted by Gasteiger charge is -2.29. The fraction of sp³-hybridized carbons (Fsp3) is 0.857. The van der Waals surface area contributed by atoms with Crippen molar-refractivity contribution in [2.45, 2.75) is 12.8 Å². The molecule has 0 radical (unpaired) electrons. The van der Waals surface area contributed by atoms with E-state index < -0.39 is 31.5 Å². The van der Waals surface area contributed by atoms with Gasteiger partial charge in [-0.2, -0.15) is 0 Å². The van der Waals surface area contributed by atoms with Gasteiger partial charge in [-0.1, -0.05) is 0 Å². The molecule has 0 aromatic carbocycles. The van der Waals surface area contributed by atoms with E-state index in [4.69, 9.17) is 11.5 Å². The summed E-state index contributed by atoms with van der Waals surface area (Å²) in [6, 6.07) is 0. The highest BCUT2D eigenvalue weighted by Crippen LogP contribution is 1.93. The number of carbonyl (C=O) groups excluding carboxylic acids is 2. The third kappa shape index (κ3) is 10.0. The number of nitrogens with one attached hydrogen (secondary N) is 2. The Morgan fingerprint density at radius 3 is 1.23 bits per heavy atom. The molecule has 0 spiro atoms. The number of rotatable bonds is 12. The third-order valence-electron chi connectivity index (χ3n) is 4.52. The van der Waals surface area contributed by atoms with Crippen molar-refractivity contribution in [3.8, 4) is 0 Å². The Hall–Kier alpha value is -1.24. The summed E-state index contributed by atoms with van der Waals surface area (Å²) < 4.78 is 47.4. The summed E-state index contributed by atoms with van der Waals surface area (Å²) in [6.45, 7) is 4.02. The predicted molar refractivity (Wildman–Crippen MR) is 96.1 cm³/mol. The van der Waals surface area contributed by atoms with Crippen LogP contribution in [-0.4, -0.2) is 90.9 Å². The Balaban J connectivity index is 2.28. The van der Waals surface area contributed by atoms with Gasteiger partial charge >= 0.3 is 0 Å². The van der Waals surface area contributed by atoms with Crippen molar-refractivity contribution >= 4 is 31.5 Å². The predicted octanol–water partition coefficient (Wildman–Crippen LogP) is -5.65. The molecule has 0 aromatic heterocycles. The molecule has 1 aliphatic heterocycles. The van der Waals surface area contributed by atoms with E-state index in [-0.39, 0.29) is 35.9 Å². The normalized spacial score (nSPS) is 21.4. The summed E-state index contributed by atoms with van der Waals surface area (Å²) in [7, 11) is -6.56. The van der Waals surface area contributed by atoms with Gasteiger partial charge in [-0.3, -0.25) is 9.59 Å². The summed E-state index contributed by atoms with van der Waals surface area (Å²) in [4.78, 5) is 23.7. The van der Waals surface area contributed by atoms with Crippen LogP contribution in [0, 0.1) is 0 Å². The molecule has 1 fully saturated rings. The molecule has 12 heteroatoms. The second-order valence-electron chi connectivity index (χ2n) is 6.74. The Morgan fingerprint density at radius 1 is 0.654 bits per heavy atom. The zero-order valence-corrected chi connectivity index (χ0v) is 16.5. The summed E-state index contributed by atoms with van der Waals surface area (Å²) in [5.74, 6) is -1.63. The van der Waals surface area contributed by atoms with Crippen molar-refractivity contribution < 1.29 is 36.2 Å². The van der Waals surface area contributed by atoms with E-state index in [1.165, 1.54) is 0 Å². The van der Waals surface area contributed by atoms with Crippen LogP contribution in [0.3, 0.4) is 0 Å². The topological polar surface area (TPSA) is 163 Å². The van der Waals surface area contributed by atoms with Crippen LogP contribution in [0.15, 0.2) is 0 Å². The average Bonchev–Trinajstić information content (AvgIpc) is 2.56. The first kappa shape index (κ1) is 22.8. The minimum absolute atomic E-state index is 0.0203. The van der Waals surface area contributed by atoms with Crippen LogP contribution >= 0.6 is 0 Å². The van der Waals surface area contributed by atoms with E-state index in [2.05, 4.69) is 0 Å². The molecule has 0 saturated carbocycles. The average molecular weight is 415 g/mol. The maximum atomic E-state index is 11.8. The van der Waals surface area contributed by atoms with E-state index in [1.54, 1.807) is 0 Å². The lowest BCUT2D eigenvalue weighted by molar-refractivity contribution is -1.01. The van der Waals surface area contributed by atoms with Crippen LogP contribution in [-0.2, 0) is 29.3 Å². The van der Waals surface area contributed by atoms with Crippen molar-refractivity contribution in [3.63, 3.8) is 0 Å². The second kappa shape index (κ2) is 10.2. The maximum absolute atomic E-state index is 11.8. The summed E-state index contributed by atoms with van der Waals surface area (Å²) >= 11 is 0. The smallest absolute Gasteiger partial charge is 0.218 e. The van der Waals surface area contributed by atoms with Gasteiger partial charge in [0.2, 0.25) is 11.8 Å². The Bertz CT molecular complexity index is 624. The van der Waals surface area contributed by atoms with Gasteiger partial charge in [0.15, 0.2) is 19.7 Å². The van der Waals surface area contributed by atoms with Crippen LogP contribution in [0.1, 0.15) is 12.8 Å². The standard InChI is InChI=1S/C14H28N4O6S2/c15-13(19)1-9-25(21,22)11-7-17-3-5-18(6-4-17)8-12-26(23,24)10-2-14(16)20/h1-12H2,(H2,15,19)(H2,16,20)/p+2. The van der Waals surface area contributed by atoms with Crippen LogP contribution in [0.4, 0.5) is 0 Å². The molecular weight excluding hydrogens is 384 g/mol. The van der Waals surface area contributed by atoms with Crippen molar-refractivity contribution in [2.75, 3.05) is 62.3 Å². The quantitative estimate of drug-likeness (QED) is 0.249. The molecule has 0 atom stereocenters. The molecule has 2 amide bonds. The molecule has 26 heavy (non-hydrogen) atoms. The molecule has 0 aromatic rings. The molecule has 0 bridgehead atoms. The van der Waals surface area contributed by atoms with Crippen LogP contribution in [0.5, 0.6) is 0 Å². The molecule has 0 aliphatic carbocycles. The van der Waals surface area contributed by atoms with E-state index in [0.717, 1.165) is 36.0 Å². The SMILES string of the molecule is NC(=O)CCS(=O)(=O)CC[NH+]1CC[NH+](CCS(=O)(=O)CCC(N)=O)CC1. The highest BCUT2D eigenvalue weighted by molar-refractivity contribution is 7.91. The lowest BCUT2D eigenvalue weighted by atomic mass is 10.3. The zero-order chi connectivity index (χ0) is 19.8. The number of sulfone groups is 2. The highest BCUT2D eigenvalue weighted by Gasteiger charge is 2.26. The van der Waals surface area contributed by atoms with Gasteiger partial charge in [-0.05, 0) is 0 Å². The summed E-state index contributed by atoms with van der Waals surface area (Å²) in [6.07, 6.45) is -0.306. The third-order valence-corrected chi connectivity index (χ3v) is 7.82. The van der Waals surface area contributed by atoms with Crippen LogP contribution < -0.4 is 21.3 Å². The number of amides is 2. The van der Waals surface area contributed by atoms with E-state index >= 15 is 0 Å². The van der Waals surface area contributed by atoms with Crippen molar-refractivity contribution in [1.29, 1.82) is 0 Å². The van der Waals surface area contributed by atoms with Gasteiger partial charge in [0.05, 0.1) is 36.1 Å². The molecule has 0 unspecified atom stereocenters. The van der Waals surface area contributed by atoms with Crippen LogP contribution in [0.2, 0.25) is 0 Å². The Kier molecular flexibility index (Phi) is 8.93. The summed E-state index contributed by atoms with van der Waals surface area (Å²) in [5, 5.41) is 0. The molecular formula is C14H30N4O6S2+2. The molecule has 10 nitrogen and oxygen atoms in total. The minimum Gasteiger partial charge on any atom is -0.370 e. The van der Waals surface area contributed by atoms with Crippen molar-refractivity contribution in [2.24, 2.45) is 11.5 Å². The monoisotopic (exact) mass is 414 g/mol. The maximum Gasteiger partial charge on any atom is 0.218 e. The fourth-order valence-electron chi connectivity index (χ4n) is 2.77. The first-order valence-electron chi connectivity index (χ1n) is 8.64. The molecule has 1 aliphatic rings. The Morgan fingerprint density at radius 2 is 0.962 bits per heavy atom. The number of piperazine rings is 1. The van der Waals surface area contributed by atoms with Crippen molar-refractivity contribution in [3.05, 3.63) is 0 Å². The van der Waals surface area contributed by atoms with Gasteiger partial charge < -0.3 is 21.3 Å². The van der Waals surface area contributed by atoms with Gasteiger partial charge in [0.1, 0.15) is 26.2 Å². The van der Waals surface area contributed by atoms with E-state index in [9.17, 15) is 26.4 Å². The van der Waals surface area contributed by atoms with Crippen molar-refractivity contribution in [1.82, 2.24) is 0 Å². The molecule has 1 rings (SSSR count). The minimum atomic E-state index is -3.28. The molecule has 152 valence electrons. The lowest BCUT2D eigenvalue weighted by Crippen LogP contribution is -3.28. The number of hydrogen-bond acceptors (Lipinski definition) is 6. The van der Waals surface area contributed by atoms with Gasteiger partial charge in [0, 0.05) is 12.8 Å². The number of hydrogen-bond donors (Lipinski definition) is 4. The first-order chi connectivity index (χ1) is 12.0. The molecule has 6 N–H and O–H groups in total. The van der Waals surface area contributed by atoms with E-state index in [1.807, 2.05) is 0 Å². The van der Waals surface area contributed by atoms with Gasteiger partial charge in [-0.15, -0.1) is 0 Å². The fourth-order valence-corrected chi connectivity index (χ4v) is 5.41. The number of carbonyl (C=O) groups is 2. The molecule has 1 saturated heterocycles. The van der Waals surface area contributed by atoms with Gasteiger partial charge in [0.25, 0.3) is 0 Å². The van der Waals surface area contributed by atoms with Gasteiger partial charge in [-0.25, -0.2) is 16.8 Å². The Labute approximate surface area is 154 Å². The highest BCUT2D eigenvalue weighted by atomic mass is 32.2. The zero-order valence-electron chi connectivity index (χ0n) is 14.9. The number of quaternary nitrogens is 2. The molecule has 1 heterocycles. The van der Waals surface area contributed by atoms with Crippen LogP contribution in [0.25, 0.3) is 0 Å². The number of primary amides is 2. The summed E-state index contributed by atoms with van der Waals surface area (Å²) in [5.41, 5.74) is 9.94. The van der Waals surface area contributed by atoms with E-state index in [0.29, 0.717) is 13.1 Å². The largest absolute Gasteiger partial charge is 0.370 e. The second-order valence-corrected chi connectivity index (χ2v) is 11.3.